The molecule has 0 atom stereocenters. The first-order valence-electron chi connectivity index (χ1n) is 4.87. The van der Waals surface area contributed by atoms with Gasteiger partial charge in [0.2, 0.25) is 0 Å². The molecule has 0 unspecified atom stereocenters. The van der Waals surface area contributed by atoms with Crippen molar-refractivity contribution < 1.29 is 14.0 Å². The first-order valence-corrected chi connectivity index (χ1v) is 4.87. The molecule has 0 bridgehead atoms. The highest BCUT2D eigenvalue weighted by Gasteiger charge is 2.13. The minimum absolute atomic E-state index is 0.0181. The molecule has 0 radical (unpaired) electrons. The standard InChI is InChI=1S/C11H15NO3/c1-7(2)10(13)6-12-11(14)9-4-5-15-8(9)3/h4-5,7H,6H2,1-3H3,(H,12,14). The van der Waals surface area contributed by atoms with E-state index in [2.05, 4.69) is 5.32 Å². The summed E-state index contributed by atoms with van der Waals surface area (Å²) in [5.41, 5.74) is 0.478. The van der Waals surface area contributed by atoms with E-state index in [-0.39, 0.29) is 24.2 Å². The van der Waals surface area contributed by atoms with Gasteiger partial charge in [0.1, 0.15) is 5.76 Å². The van der Waals surface area contributed by atoms with Gasteiger partial charge in [0.25, 0.3) is 5.91 Å². The van der Waals surface area contributed by atoms with Crippen molar-refractivity contribution in [1.82, 2.24) is 5.32 Å². The molecule has 0 saturated carbocycles. The quantitative estimate of drug-likeness (QED) is 0.818. The Kier molecular flexibility index (Phi) is 3.66. The van der Waals surface area contributed by atoms with Crippen molar-refractivity contribution in [2.24, 2.45) is 5.92 Å². The minimum Gasteiger partial charge on any atom is -0.469 e. The number of hydrogen-bond acceptors (Lipinski definition) is 3. The second-order valence-electron chi connectivity index (χ2n) is 3.69. The van der Waals surface area contributed by atoms with Crippen LogP contribution < -0.4 is 5.32 Å². The molecule has 1 amide bonds. The third kappa shape index (κ3) is 2.94. The molecule has 0 fully saturated rings. The minimum atomic E-state index is -0.268. The summed E-state index contributed by atoms with van der Waals surface area (Å²) in [5, 5.41) is 2.56. The van der Waals surface area contributed by atoms with Crippen LogP contribution in [0.15, 0.2) is 16.7 Å². The highest BCUT2D eigenvalue weighted by atomic mass is 16.3. The van der Waals surface area contributed by atoms with Crippen LogP contribution in [0.4, 0.5) is 0 Å². The molecule has 1 N–H and O–H groups in total. The Hall–Kier alpha value is -1.58. The molecule has 0 saturated heterocycles. The van der Waals surface area contributed by atoms with E-state index < -0.39 is 0 Å². The molecule has 4 nitrogen and oxygen atoms in total. The van der Waals surface area contributed by atoms with Crippen molar-refractivity contribution in [2.75, 3.05) is 6.54 Å². The zero-order chi connectivity index (χ0) is 11.4. The predicted molar refractivity (Wildman–Crippen MR) is 55.6 cm³/mol. The smallest absolute Gasteiger partial charge is 0.255 e. The van der Waals surface area contributed by atoms with Crippen molar-refractivity contribution >= 4 is 11.7 Å². The summed E-state index contributed by atoms with van der Waals surface area (Å²) in [5.74, 6) is 0.250. The summed E-state index contributed by atoms with van der Waals surface area (Å²) in [6, 6.07) is 1.59. The van der Waals surface area contributed by atoms with E-state index in [0.717, 1.165) is 0 Å². The summed E-state index contributed by atoms with van der Waals surface area (Å²) < 4.78 is 4.99. The molecule has 0 spiro atoms. The van der Waals surface area contributed by atoms with Gasteiger partial charge in [0, 0.05) is 5.92 Å². The zero-order valence-electron chi connectivity index (χ0n) is 9.16. The third-order valence-corrected chi connectivity index (χ3v) is 2.17. The average Bonchev–Trinajstić information content (AvgIpc) is 2.60. The fraction of sp³-hybridized carbons (Fsp3) is 0.455. The number of aryl methyl sites for hydroxylation is 1. The van der Waals surface area contributed by atoms with Gasteiger partial charge in [0.05, 0.1) is 18.4 Å². The Morgan fingerprint density at radius 1 is 1.47 bits per heavy atom. The number of carbonyl (C=O) groups excluding carboxylic acids is 2. The van der Waals surface area contributed by atoms with E-state index in [0.29, 0.717) is 11.3 Å². The van der Waals surface area contributed by atoms with Crippen LogP contribution >= 0.6 is 0 Å². The number of furan rings is 1. The topological polar surface area (TPSA) is 59.3 Å². The van der Waals surface area contributed by atoms with Gasteiger partial charge in [-0.05, 0) is 13.0 Å². The molecule has 0 aliphatic rings. The lowest BCUT2D eigenvalue weighted by Crippen LogP contribution is -2.31. The monoisotopic (exact) mass is 209 g/mol. The van der Waals surface area contributed by atoms with E-state index in [9.17, 15) is 9.59 Å². The number of rotatable bonds is 4. The molecule has 82 valence electrons. The first kappa shape index (κ1) is 11.5. The zero-order valence-corrected chi connectivity index (χ0v) is 9.16. The Morgan fingerprint density at radius 3 is 2.60 bits per heavy atom. The van der Waals surface area contributed by atoms with Crippen LogP contribution in [0.5, 0.6) is 0 Å². The van der Waals surface area contributed by atoms with Gasteiger partial charge in [-0.3, -0.25) is 9.59 Å². The Labute approximate surface area is 88.7 Å². The maximum atomic E-state index is 11.5. The number of amides is 1. The molecule has 0 aliphatic carbocycles. The van der Waals surface area contributed by atoms with Crippen molar-refractivity contribution in [3.05, 3.63) is 23.7 Å². The van der Waals surface area contributed by atoms with Crippen LogP contribution in [0.25, 0.3) is 0 Å². The van der Waals surface area contributed by atoms with Crippen molar-refractivity contribution in [3.63, 3.8) is 0 Å². The van der Waals surface area contributed by atoms with Crippen LogP contribution in [-0.4, -0.2) is 18.2 Å². The first-order chi connectivity index (χ1) is 7.02. The maximum absolute atomic E-state index is 11.5. The van der Waals surface area contributed by atoms with Crippen LogP contribution in [0.1, 0.15) is 30.0 Å². The van der Waals surface area contributed by atoms with Crippen LogP contribution in [0.2, 0.25) is 0 Å². The maximum Gasteiger partial charge on any atom is 0.255 e. The van der Waals surface area contributed by atoms with Crippen LogP contribution in [0.3, 0.4) is 0 Å². The number of ketones is 1. The Morgan fingerprint density at radius 2 is 2.13 bits per heavy atom. The highest BCUT2D eigenvalue weighted by Crippen LogP contribution is 2.07. The number of hydrogen-bond donors (Lipinski definition) is 1. The van der Waals surface area contributed by atoms with Crippen LogP contribution in [-0.2, 0) is 4.79 Å². The second-order valence-corrected chi connectivity index (χ2v) is 3.69. The van der Waals surface area contributed by atoms with Gasteiger partial charge < -0.3 is 9.73 Å². The molecule has 1 heterocycles. The Balaban J connectivity index is 2.51. The summed E-state index contributed by atoms with van der Waals surface area (Å²) in [6.45, 7) is 5.38. The second kappa shape index (κ2) is 4.77. The lowest BCUT2D eigenvalue weighted by Gasteiger charge is -2.05. The summed E-state index contributed by atoms with van der Waals surface area (Å²) in [4.78, 5) is 22.8. The number of nitrogens with one attached hydrogen (secondary N) is 1. The molecule has 15 heavy (non-hydrogen) atoms. The summed E-state index contributed by atoms with van der Waals surface area (Å²) >= 11 is 0. The molecule has 1 rings (SSSR count). The van der Waals surface area contributed by atoms with Gasteiger partial charge in [-0.25, -0.2) is 0 Å². The molecule has 1 aromatic heterocycles. The average molecular weight is 209 g/mol. The van der Waals surface area contributed by atoms with E-state index in [1.54, 1.807) is 26.8 Å². The van der Waals surface area contributed by atoms with E-state index in [4.69, 9.17) is 4.42 Å². The summed E-state index contributed by atoms with van der Waals surface area (Å²) in [7, 11) is 0. The molecular weight excluding hydrogens is 194 g/mol. The fourth-order valence-electron chi connectivity index (χ4n) is 1.09. The fourth-order valence-corrected chi connectivity index (χ4v) is 1.09. The molecule has 0 aliphatic heterocycles. The van der Waals surface area contributed by atoms with Crippen molar-refractivity contribution in [3.8, 4) is 0 Å². The lowest BCUT2D eigenvalue weighted by molar-refractivity contribution is -0.120. The predicted octanol–water partition coefficient (Wildman–Crippen LogP) is 1.54. The van der Waals surface area contributed by atoms with Crippen molar-refractivity contribution in [2.45, 2.75) is 20.8 Å². The molecular formula is C11H15NO3. The van der Waals surface area contributed by atoms with Gasteiger partial charge in [-0.1, -0.05) is 13.8 Å². The molecule has 1 aromatic rings. The lowest BCUT2D eigenvalue weighted by atomic mass is 10.1. The largest absolute Gasteiger partial charge is 0.469 e. The number of Topliss-reactive ketones (excluding diaryl/α,β-unsaturated/α-hetero) is 1. The third-order valence-electron chi connectivity index (χ3n) is 2.17. The van der Waals surface area contributed by atoms with E-state index >= 15 is 0 Å². The van der Waals surface area contributed by atoms with E-state index in [1.807, 2.05) is 0 Å². The van der Waals surface area contributed by atoms with Gasteiger partial charge in [-0.2, -0.15) is 0 Å². The highest BCUT2D eigenvalue weighted by molar-refractivity contribution is 5.97. The summed E-state index contributed by atoms with van der Waals surface area (Å²) in [6.07, 6.45) is 1.45. The van der Waals surface area contributed by atoms with Gasteiger partial charge in [0.15, 0.2) is 5.78 Å². The van der Waals surface area contributed by atoms with Gasteiger partial charge >= 0.3 is 0 Å². The van der Waals surface area contributed by atoms with Crippen LogP contribution in [0, 0.1) is 12.8 Å². The van der Waals surface area contributed by atoms with E-state index in [1.165, 1.54) is 6.26 Å². The SMILES string of the molecule is Cc1occc1C(=O)NCC(=O)C(C)C. The normalized spacial score (nSPS) is 10.4. The van der Waals surface area contributed by atoms with Crippen molar-refractivity contribution in [1.29, 1.82) is 0 Å². The van der Waals surface area contributed by atoms with Gasteiger partial charge in [-0.15, -0.1) is 0 Å². The molecule has 4 heteroatoms. The molecule has 0 aromatic carbocycles. The number of carbonyl (C=O) groups is 2. The Bertz CT molecular complexity index is 366.